The first-order chi connectivity index (χ1) is 18.3. The standard InChI is InChI=1S/C28H33NO10/c1-5-28(37)10-15(39-16-9-13(29(3)4)22(31)11(2)38-16)18-21(27(28)36)26(35)19-20(25(18)34)24(33)17-12(23(19)32)7-6-8-14(17)30/h6-8,11,13,15-16,22,27,30-31,34-37H,5,9-10H2,1-4H3/t11-,13-,15-,16+,22+,27+,28+/m0/s1. The predicted molar refractivity (Wildman–Crippen MR) is 136 cm³/mol. The van der Waals surface area contributed by atoms with Gasteiger partial charge in [0.25, 0.3) is 0 Å². The van der Waals surface area contributed by atoms with Crippen LogP contribution < -0.4 is 0 Å². The zero-order valence-electron chi connectivity index (χ0n) is 22.1. The van der Waals surface area contributed by atoms with Crippen LogP contribution in [-0.4, -0.2) is 91.3 Å². The summed E-state index contributed by atoms with van der Waals surface area (Å²) >= 11 is 0. The first-order valence-corrected chi connectivity index (χ1v) is 12.9. The van der Waals surface area contributed by atoms with E-state index in [9.17, 15) is 40.2 Å². The summed E-state index contributed by atoms with van der Waals surface area (Å²) in [6.45, 7) is 3.32. The number of fused-ring (bicyclic) bond motifs is 3. The summed E-state index contributed by atoms with van der Waals surface area (Å²) < 4.78 is 12.1. The number of ketones is 2. The molecule has 2 aromatic rings. The van der Waals surface area contributed by atoms with Gasteiger partial charge in [0, 0.05) is 35.6 Å². The Morgan fingerprint density at radius 3 is 2.31 bits per heavy atom. The lowest BCUT2D eigenvalue weighted by atomic mass is 9.70. The molecule has 5 rings (SSSR count). The number of benzene rings is 2. The number of phenolic OH excluding ortho intramolecular Hbond substituents is 3. The van der Waals surface area contributed by atoms with Crippen molar-refractivity contribution in [1.82, 2.24) is 4.90 Å². The number of aliphatic hydroxyl groups excluding tert-OH is 2. The van der Waals surface area contributed by atoms with Gasteiger partial charge in [-0.25, -0.2) is 0 Å². The van der Waals surface area contributed by atoms with Crippen LogP contribution in [0.15, 0.2) is 18.2 Å². The molecule has 210 valence electrons. The molecule has 0 radical (unpaired) electrons. The summed E-state index contributed by atoms with van der Waals surface area (Å²) in [5.74, 6) is -3.61. The molecule has 0 aromatic heterocycles. The predicted octanol–water partition coefficient (Wildman–Crippen LogP) is 1.64. The fourth-order valence-corrected chi connectivity index (χ4v) is 6.10. The number of aliphatic hydroxyl groups is 3. The van der Waals surface area contributed by atoms with E-state index in [-0.39, 0.29) is 47.6 Å². The van der Waals surface area contributed by atoms with Gasteiger partial charge in [0.1, 0.15) is 23.4 Å². The van der Waals surface area contributed by atoms with E-state index in [1.165, 1.54) is 18.2 Å². The van der Waals surface area contributed by atoms with E-state index < -0.39 is 76.2 Å². The molecule has 11 nitrogen and oxygen atoms in total. The summed E-state index contributed by atoms with van der Waals surface area (Å²) in [5.41, 5.74) is -3.79. The maximum atomic E-state index is 13.5. The van der Waals surface area contributed by atoms with E-state index in [0.717, 1.165) is 0 Å². The second kappa shape index (κ2) is 9.54. The molecular weight excluding hydrogens is 510 g/mol. The SMILES string of the molecule is CC[C@@]1(O)C[C@H](O[C@@H]2C[C@H](N(C)C)[C@H](O)[C@H](C)O2)c2c(O)c3c(c(O)c2[C@H]1O)C(=O)c1cccc(O)c1C3=O. The molecular formula is C28H33NO10. The highest BCUT2D eigenvalue weighted by Gasteiger charge is 2.51. The molecule has 0 amide bonds. The summed E-state index contributed by atoms with van der Waals surface area (Å²) in [7, 11) is 3.61. The van der Waals surface area contributed by atoms with Crippen LogP contribution in [0.1, 0.15) is 88.3 Å². The number of carbonyl (C=O) groups is 2. The average molecular weight is 544 g/mol. The van der Waals surface area contributed by atoms with Crippen molar-refractivity contribution in [1.29, 1.82) is 0 Å². The van der Waals surface area contributed by atoms with Crippen molar-refractivity contribution in [2.24, 2.45) is 0 Å². The Balaban J connectivity index is 1.67. The molecule has 7 atom stereocenters. The fraction of sp³-hybridized carbons (Fsp3) is 0.500. The van der Waals surface area contributed by atoms with Gasteiger partial charge >= 0.3 is 0 Å². The van der Waals surface area contributed by atoms with Gasteiger partial charge < -0.3 is 45.0 Å². The van der Waals surface area contributed by atoms with Gasteiger partial charge in [0.2, 0.25) is 5.78 Å². The van der Waals surface area contributed by atoms with Crippen LogP contribution in [0.5, 0.6) is 17.2 Å². The summed E-state index contributed by atoms with van der Waals surface area (Å²) in [4.78, 5) is 28.7. The first-order valence-electron chi connectivity index (χ1n) is 12.9. The third-order valence-electron chi connectivity index (χ3n) is 8.40. The van der Waals surface area contributed by atoms with Gasteiger partial charge in [0.05, 0.1) is 40.6 Å². The number of carbonyl (C=O) groups excluding carboxylic acids is 2. The second-order valence-electron chi connectivity index (χ2n) is 10.8. The Bertz CT molecular complexity index is 1360. The van der Waals surface area contributed by atoms with Crippen molar-refractivity contribution in [3.63, 3.8) is 0 Å². The molecule has 1 heterocycles. The minimum Gasteiger partial charge on any atom is -0.507 e. The minimum atomic E-state index is -1.81. The maximum Gasteiger partial charge on any atom is 0.202 e. The lowest BCUT2D eigenvalue weighted by molar-refractivity contribution is -0.261. The van der Waals surface area contributed by atoms with E-state index in [0.29, 0.717) is 0 Å². The van der Waals surface area contributed by atoms with E-state index >= 15 is 0 Å². The Hall–Kier alpha value is -3.06. The number of nitrogens with zero attached hydrogens (tertiary/aromatic N) is 1. The molecule has 2 aromatic carbocycles. The summed E-state index contributed by atoms with van der Waals surface area (Å²) in [6.07, 6.45) is -5.17. The maximum absolute atomic E-state index is 13.5. The monoisotopic (exact) mass is 543 g/mol. The van der Waals surface area contributed by atoms with Crippen LogP contribution in [0.3, 0.4) is 0 Å². The number of hydrogen-bond acceptors (Lipinski definition) is 11. The first kappa shape index (κ1) is 27.5. The summed E-state index contributed by atoms with van der Waals surface area (Å²) in [6, 6.07) is 3.59. The highest BCUT2D eigenvalue weighted by molar-refractivity contribution is 6.31. The van der Waals surface area contributed by atoms with Crippen molar-refractivity contribution >= 4 is 11.6 Å². The highest BCUT2D eigenvalue weighted by Crippen LogP contribution is 2.56. The molecule has 0 unspecified atom stereocenters. The Labute approximate surface area is 224 Å². The largest absolute Gasteiger partial charge is 0.507 e. The third kappa shape index (κ3) is 4.03. The van der Waals surface area contributed by atoms with E-state index in [1.807, 2.05) is 4.90 Å². The third-order valence-corrected chi connectivity index (χ3v) is 8.40. The van der Waals surface area contributed by atoms with Crippen LogP contribution in [0, 0.1) is 0 Å². The van der Waals surface area contributed by atoms with Crippen molar-refractivity contribution in [2.45, 2.75) is 75.5 Å². The smallest absolute Gasteiger partial charge is 0.202 e. The van der Waals surface area contributed by atoms with Crippen LogP contribution >= 0.6 is 0 Å². The molecule has 11 heteroatoms. The van der Waals surface area contributed by atoms with Crippen LogP contribution in [0.2, 0.25) is 0 Å². The molecule has 0 saturated carbocycles. The second-order valence-corrected chi connectivity index (χ2v) is 10.8. The van der Waals surface area contributed by atoms with E-state index in [4.69, 9.17) is 9.47 Å². The van der Waals surface area contributed by atoms with Crippen molar-refractivity contribution in [2.75, 3.05) is 14.1 Å². The lowest BCUT2D eigenvalue weighted by Crippen LogP contribution is -2.54. The van der Waals surface area contributed by atoms with Gasteiger partial charge in [-0.3, -0.25) is 9.59 Å². The molecule has 0 spiro atoms. The number of rotatable bonds is 4. The van der Waals surface area contributed by atoms with Gasteiger partial charge in [0.15, 0.2) is 12.1 Å². The number of ether oxygens (including phenoxy) is 2. The number of hydrogen-bond donors (Lipinski definition) is 6. The van der Waals surface area contributed by atoms with Crippen molar-refractivity contribution < 1.29 is 49.7 Å². The van der Waals surface area contributed by atoms with Gasteiger partial charge in [-0.15, -0.1) is 0 Å². The van der Waals surface area contributed by atoms with Crippen molar-refractivity contribution in [3.05, 3.63) is 51.6 Å². The quantitative estimate of drug-likeness (QED) is 0.264. The zero-order chi connectivity index (χ0) is 28.5. The van der Waals surface area contributed by atoms with Gasteiger partial charge in [-0.1, -0.05) is 19.1 Å². The Kier molecular flexibility index (Phi) is 6.73. The normalized spacial score (nSPS) is 32.1. The zero-order valence-corrected chi connectivity index (χ0v) is 22.1. The number of aromatic hydroxyl groups is 3. The minimum absolute atomic E-state index is 0.0370. The molecule has 6 N–H and O–H groups in total. The van der Waals surface area contributed by atoms with Crippen LogP contribution in [0.25, 0.3) is 0 Å². The number of likely N-dealkylation sites (N-methyl/N-ethyl adjacent to an activating group) is 1. The molecule has 1 saturated heterocycles. The molecule has 2 aliphatic carbocycles. The molecule has 1 aliphatic heterocycles. The van der Waals surface area contributed by atoms with Crippen LogP contribution in [-0.2, 0) is 9.47 Å². The van der Waals surface area contributed by atoms with Crippen LogP contribution in [0.4, 0.5) is 0 Å². The Morgan fingerprint density at radius 1 is 1.03 bits per heavy atom. The van der Waals surface area contributed by atoms with Crippen molar-refractivity contribution in [3.8, 4) is 17.2 Å². The topological polar surface area (TPSA) is 177 Å². The molecule has 0 bridgehead atoms. The van der Waals surface area contributed by atoms with Gasteiger partial charge in [-0.2, -0.15) is 0 Å². The number of phenols is 3. The van der Waals surface area contributed by atoms with Gasteiger partial charge in [-0.05, 0) is 33.5 Å². The lowest BCUT2D eigenvalue weighted by Gasteiger charge is -2.45. The Morgan fingerprint density at radius 2 is 1.67 bits per heavy atom. The van der Waals surface area contributed by atoms with E-state index in [2.05, 4.69) is 0 Å². The van der Waals surface area contributed by atoms with E-state index in [1.54, 1.807) is 27.9 Å². The fourth-order valence-electron chi connectivity index (χ4n) is 6.10. The summed E-state index contributed by atoms with van der Waals surface area (Å²) in [5, 5.41) is 66.3. The highest BCUT2D eigenvalue weighted by atomic mass is 16.7. The molecule has 1 fully saturated rings. The molecule has 3 aliphatic rings. The average Bonchev–Trinajstić information content (AvgIpc) is 2.88. The molecule has 39 heavy (non-hydrogen) atoms.